The van der Waals surface area contributed by atoms with Crippen molar-refractivity contribution in [2.45, 2.75) is 45.6 Å². The standard InChI is InChI=1S/C10H19N5O/c1-2-3-4-5-6-7-15-8-12-10(13-15)9(11)14-16/h8,16H,2-7H2,1H3,(H2,11,14). The van der Waals surface area contributed by atoms with Crippen LogP contribution in [0.4, 0.5) is 0 Å². The van der Waals surface area contributed by atoms with Crippen LogP contribution in [0.5, 0.6) is 0 Å². The predicted octanol–water partition coefficient (Wildman–Crippen LogP) is 1.34. The lowest BCUT2D eigenvalue weighted by Gasteiger charge is -2.00. The monoisotopic (exact) mass is 225 g/mol. The number of rotatable bonds is 7. The van der Waals surface area contributed by atoms with E-state index in [2.05, 4.69) is 22.2 Å². The van der Waals surface area contributed by atoms with Crippen LogP contribution >= 0.6 is 0 Å². The molecule has 1 aromatic heterocycles. The third-order valence-corrected chi connectivity index (χ3v) is 2.36. The summed E-state index contributed by atoms with van der Waals surface area (Å²) in [4.78, 5) is 3.94. The van der Waals surface area contributed by atoms with Crippen LogP contribution in [0.1, 0.15) is 44.9 Å². The minimum atomic E-state index is -0.0512. The van der Waals surface area contributed by atoms with E-state index in [-0.39, 0.29) is 11.7 Å². The van der Waals surface area contributed by atoms with Gasteiger partial charge in [0.1, 0.15) is 6.33 Å². The molecule has 0 radical (unpaired) electrons. The Bertz CT molecular complexity index is 334. The summed E-state index contributed by atoms with van der Waals surface area (Å²) in [5, 5.41) is 15.4. The zero-order chi connectivity index (χ0) is 11.8. The van der Waals surface area contributed by atoms with Gasteiger partial charge in [0.2, 0.25) is 11.7 Å². The zero-order valence-corrected chi connectivity index (χ0v) is 9.63. The molecule has 3 N–H and O–H groups in total. The Morgan fingerprint density at radius 3 is 2.88 bits per heavy atom. The summed E-state index contributed by atoms with van der Waals surface area (Å²) in [6.07, 6.45) is 7.68. The first-order valence-corrected chi connectivity index (χ1v) is 5.65. The molecule has 0 unspecified atom stereocenters. The van der Waals surface area contributed by atoms with Gasteiger partial charge in [0.15, 0.2) is 0 Å². The Morgan fingerprint density at radius 2 is 2.19 bits per heavy atom. The summed E-state index contributed by atoms with van der Waals surface area (Å²) in [6.45, 7) is 3.02. The van der Waals surface area contributed by atoms with Crippen molar-refractivity contribution < 1.29 is 5.21 Å². The van der Waals surface area contributed by atoms with E-state index in [1.165, 1.54) is 25.7 Å². The molecule has 0 aliphatic heterocycles. The lowest BCUT2D eigenvalue weighted by Crippen LogP contribution is -2.15. The maximum atomic E-state index is 8.44. The summed E-state index contributed by atoms with van der Waals surface area (Å²) in [6, 6.07) is 0. The van der Waals surface area contributed by atoms with Gasteiger partial charge >= 0.3 is 0 Å². The number of aromatic nitrogens is 3. The molecule has 6 nitrogen and oxygen atoms in total. The van der Waals surface area contributed by atoms with Crippen LogP contribution in [-0.2, 0) is 6.54 Å². The average molecular weight is 225 g/mol. The minimum Gasteiger partial charge on any atom is -0.409 e. The number of hydrogen-bond donors (Lipinski definition) is 2. The van der Waals surface area contributed by atoms with Gasteiger partial charge in [-0.15, -0.1) is 5.10 Å². The third-order valence-electron chi connectivity index (χ3n) is 2.36. The Kier molecular flexibility index (Phi) is 5.31. The number of hydrogen-bond acceptors (Lipinski definition) is 4. The van der Waals surface area contributed by atoms with E-state index in [0.717, 1.165) is 13.0 Å². The van der Waals surface area contributed by atoms with Gasteiger partial charge in [-0.3, -0.25) is 4.68 Å². The van der Waals surface area contributed by atoms with Gasteiger partial charge < -0.3 is 10.9 Å². The number of nitrogens with two attached hydrogens (primary N) is 1. The summed E-state index contributed by atoms with van der Waals surface area (Å²) in [5.74, 6) is 0.223. The highest BCUT2D eigenvalue weighted by Gasteiger charge is 2.04. The predicted molar refractivity (Wildman–Crippen MR) is 61.3 cm³/mol. The van der Waals surface area contributed by atoms with Gasteiger partial charge in [-0.1, -0.05) is 37.8 Å². The van der Waals surface area contributed by atoms with Crippen LogP contribution in [0.15, 0.2) is 11.5 Å². The molecule has 0 bridgehead atoms. The van der Waals surface area contributed by atoms with Crippen molar-refractivity contribution in [1.82, 2.24) is 14.8 Å². The summed E-state index contributed by atoms with van der Waals surface area (Å²) < 4.78 is 1.72. The number of nitrogens with zero attached hydrogens (tertiary/aromatic N) is 4. The fraction of sp³-hybridized carbons (Fsp3) is 0.700. The molecule has 0 saturated carbocycles. The highest BCUT2D eigenvalue weighted by atomic mass is 16.4. The van der Waals surface area contributed by atoms with E-state index in [9.17, 15) is 0 Å². The molecule has 0 fully saturated rings. The Morgan fingerprint density at radius 1 is 1.44 bits per heavy atom. The average Bonchev–Trinajstić information content (AvgIpc) is 2.76. The largest absolute Gasteiger partial charge is 0.409 e. The Balaban J connectivity index is 2.30. The molecular weight excluding hydrogens is 206 g/mol. The summed E-state index contributed by atoms with van der Waals surface area (Å²) in [5.41, 5.74) is 5.36. The molecule has 0 aliphatic rings. The summed E-state index contributed by atoms with van der Waals surface area (Å²) in [7, 11) is 0. The van der Waals surface area contributed by atoms with Gasteiger partial charge in [-0.05, 0) is 6.42 Å². The first kappa shape index (κ1) is 12.5. The number of unbranched alkanes of at least 4 members (excludes halogenated alkanes) is 4. The van der Waals surface area contributed by atoms with E-state index >= 15 is 0 Å². The molecule has 0 atom stereocenters. The second-order valence-corrected chi connectivity index (χ2v) is 3.73. The molecule has 1 heterocycles. The number of aryl methyl sites for hydroxylation is 1. The van der Waals surface area contributed by atoms with Crippen molar-refractivity contribution in [2.75, 3.05) is 0 Å². The fourth-order valence-corrected chi connectivity index (χ4v) is 1.44. The van der Waals surface area contributed by atoms with Crippen molar-refractivity contribution in [1.29, 1.82) is 0 Å². The van der Waals surface area contributed by atoms with E-state index in [0.29, 0.717) is 0 Å². The normalized spacial score (nSPS) is 11.9. The molecule has 90 valence electrons. The second-order valence-electron chi connectivity index (χ2n) is 3.73. The van der Waals surface area contributed by atoms with Gasteiger partial charge in [0.25, 0.3) is 0 Å². The lowest BCUT2D eigenvalue weighted by atomic mass is 10.1. The van der Waals surface area contributed by atoms with Crippen molar-refractivity contribution >= 4 is 5.84 Å². The Labute approximate surface area is 95.2 Å². The van der Waals surface area contributed by atoms with Gasteiger partial charge in [-0.25, -0.2) is 4.98 Å². The molecular formula is C10H19N5O. The molecule has 1 rings (SSSR count). The van der Waals surface area contributed by atoms with Crippen molar-refractivity contribution in [3.63, 3.8) is 0 Å². The smallest absolute Gasteiger partial charge is 0.219 e. The van der Waals surface area contributed by atoms with Crippen molar-refractivity contribution in [3.05, 3.63) is 12.2 Å². The molecule has 0 saturated heterocycles. The lowest BCUT2D eigenvalue weighted by molar-refractivity contribution is 0.318. The van der Waals surface area contributed by atoms with Crippen LogP contribution in [0.25, 0.3) is 0 Å². The quantitative estimate of drug-likeness (QED) is 0.241. The molecule has 0 aromatic carbocycles. The number of amidine groups is 1. The minimum absolute atomic E-state index is 0.0512. The Hall–Kier alpha value is -1.59. The van der Waals surface area contributed by atoms with Crippen LogP contribution in [-0.4, -0.2) is 25.8 Å². The summed E-state index contributed by atoms with van der Waals surface area (Å²) >= 11 is 0. The van der Waals surface area contributed by atoms with Crippen LogP contribution < -0.4 is 5.73 Å². The molecule has 6 heteroatoms. The molecule has 16 heavy (non-hydrogen) atoms. The van der Waals surface area contributed by atoms with E-state index in [4.69, 9.17) is 10.9 Å². The van der Waals surface area contributed by atoms with Crippen LogP contribution in [0.2, 0.25) is 0 Å². The second kappa shape index (κ2) is 6.81. The first-order chi connectivity index (χ1) is 7.77. The van der Waals surface area contributed by atoms with Crippen LogP contribution in [0, 0.1) is 0 Å². The van der Waals surface area contributed by atoms with Crippen molar-refractivity contribution in [3.8, 4) is 0 Å². The maximum Gasteiger partial charge on any atom is 0.219 e. The maximum absolute atomic E-state index is 8.44. The van der Waals surface area contributed by atoms with Gasteiger partial charge in [-0.2, -0.15) is 0 Å². The van der Waals surface area contributed by atoms with Gasteiger partial charge in [0.05, 0.1) is 0 Å². The SMILES string of the molecule is CCCCCCCn1cnc(C(N)=NO)n1. The van der Waals surface area contributed by atoms with E-state index in [1.807, 2.05) is 0 Å². The molecule has 0 amide bonds. The van der Waals surface area contributed by atoms with Crippen LogP contribution in [0.3, 0.4) is 0 Å². The molecule has 1 aromatic rings. The van der Waals surface area contributed by atoms with Gasteiger partial charge in [0, 0.05) is 6.54 Å². The van der Waals surface area contributed by atoms with E-state index < -0.39 is 0 Å². The highest BCUT2D eigenvalue weighted by molar-refractivity contribution is 5.93. The zero-order valence-electron chi connectivity index (χ0n) is 9.63. The topological polar surface area (TPSA) is 89.3 Å². The molecule has 0 aliphatic carbocycles. The molecule has 0 spiro atoms. The van der Waals surface area contributed by atoms with Crippen molar-refractivity contribution in [2.24, 2.45) is 10.9 Å². The first-order valence-electron chi connectivity index (χ1n) is 5.65. The number of oxime groups is 1. The highest BCUT2D eigenvalue weighted by Crippen LogP contribution is 2.03. The van der Waals surface area contributed by atoms with E-state index in [1.54, 1.807) is 11.0 Å². The fourth-order valence-electron chi connectivity index (χ4n) is 1.44. The third kappa shape index (κ3) is 3.88.